The fourth-order valence-electron chi connectivity index (χ4n) is 3.18. The monoisotopic (exact) mass is 457 g/mol. The number of nitrogens with zero attached hydrogens (tertiary/aromatic N) is 1. The Morgan fingerprint density at radius 2 is 1.42 bits per heavy atom. The Balaban J connectivity index is 1.29. The molecule has 2 amide bonds. The third-order valence-electron chi connectivity index (χ3n) is 4.86. The maximum atomic E-state index is 12.6. The first-order valence-corrected chi connectivity index (χ1v) is 11.0. The van der Waals surface area contributed by atoms with Crippen molar-refractivity contribution < 1.29 is 14.5 Å². The van der Waals surface area contributed by atoms with Gasteiger partial charge in [-0.05, 0) is 59.3 Å². The molecule has 0 unspecified atom stereocenters. The third-order valence-corrected chi connectivity index (χ3v) is 5.87. The van der Waals surface area contributed by atoms with Crippen LogP contribution in [0.1, 0.15) is 10.4 Å². The number of fused-ring (bicyclic) bond motifs is 1. The van der Waals surface area contributed by atoms with E-state index < -0.39 is 4.92 Å². The molecule has 0 spiro atoms. The van der Waals surface area contributed by atoms with E-state index in [1.165, 1.54) is 36.0 Å². The molecule has 4 aromatic carbocycles. The highest BCUT2D eigenvalue weighted by Gasteiger charge is 2.09. The molecule has 0 fully saturated rings. The second-order valence-electron chi connectivity index (χ2n) is 7.18. The average molecular weight is 458 g/mol. The highest BCUT2D eigenvalue weighted by atomic mass is 32.2. The number of amides is 2. The maximum Gasteiger partial charge on any atom is 0.269 e. The van der Waals surface area contributed by atoms with Gasteiger partial charge in [-0.25, -0.2) is 0 Å². The van der Waals surface area contributed by atoms with Gasteiger partial charge in [-0.1, -0.05) is 30.3 Å². The Hall–Kier alpha value is -4.17. The molecule has 0 heterocycles. The van der Waals surface area contributed by atoms with E-state index in [0.717, 1.165) is 15.7 Å². The van der Waals surface area contributed by atoms with E-state index in [4.69, 9.17) is 0 Å². The van der Waals surface area contributed by atoms with Crippen molar-refractivity contribution in [2.75, 3.05) is 16.4 Å². The van der Waals surface area contributed by atoms with Gasteiger partial charge < -0.3 is 10.6 Å². The van der Waals surface area contributed by atoms with Crippen LogP contribution in [-0.2, 0) is 4.79 Å². The molecule has 4 rings (SSSR count). The molecule has 0 saturated carbocycles. The highest BCUT2D eigenvalue weighted by Crippen LogP contribution is 2.22. The molecule has 0 aliphatic rings. The van der Waals surface area contributed by atoms with Gasteiger partial charge in [-0.3, -0.25) is 19.7 Å². The Morgan fingerprint density at radius 3 is 2.12 bits per heavy atom. The zero-order chi connectivity index (χ0) is 23.2. The predicted octanol–water partition coefficient (Wildman–Crippen LogP) is 5.73. The summed E-state index contributed by atoms with van der Waals surface area (Å²) >= 11 is 1.35. The number of anilines is 2. The van der Waals surface area contributed by atoms with Crippen LogP contribution in [0.15, 0.2) is 95.9 Å². The summed E-state index contributed by atoms with van der Waals surface area (Å²) in [6.45, 7) is 0. The van der Waals surface area contributed by atoms with Crippen LogP contribution in [0.5, 0.6) is 0 Å². The normalized spacial score (nSPS) is 10.5. The number of carbonyl (C=O) groups excluding carboxylic acids is 2. The van der Waals surface area contributed by atoms with Gasteiger partial charge in [0.15, 0.2) is 0 Å². The van der Waals surface area contributed by atoms with E-state index in [2.05, 4.69) is 10.6 Å². The molecule has 0 atom stereocenters. The lowest BCUT2D eigenvalue weighted by atomic mass is 10.1. The number of benzene rings is 4. The van der Waals surface area contributed by atoms with Crippen molar-refractivity contribution in [3.63, 3.8) is 0 Å². The molecular weight excluding hydrogens is 438 g/mol. The van der Waals surface area contributed by atoms with Gasteiger partial charge in [0.25, 0.3) is 11.6 Å². The molecule has 0 radical (unpaired) electrons. The molecular formula is C25H19N3O4S. The van der Waals surface area contributed by atoms with E-state index in [9.17, 15) is 19.7 Å². The van der Waals surface area contributed by atoms with Gasteiger partial charge in [-0.15, -0.1) is 11.8 Å². The first-order valence-electron chi connectivity index (χ1n) is 10.1. The van der Waals surface area contributed by atoms with Crippen molar-refractivity contribution in [3.8, 4) is 0 Å². The number of nitro benzene ring substituents is 1. The molecule has 8 heteroatoms. The van der Waals surface area contributed by atoms with Gasteiger partial charge in [-0.2, -0.15) is 0 Å². The minimum Gasteiger partial charge on any atom is -0.325 e. The van der Waals surface area contributed by atoms with Crippen LogP contribution >= 0.6 is 11.8 Å². The first kappa shape index (κ1) is 22.0. The second kappa shape index (κ2) is 9.97. The smallest absolute Gasteiger partial charge is 0.269 e. The second-order valence-corrected chi connectivity index (χ2v) is 8.23. The largest absolute Gasteiger partial charge is 0.325 e. The number of hydrogen-bond donors (Lipinski definition) is 2. The Bertz CT molecular complexity index is 1320. The van der Waals surface area contributed by atoms with Crippen LogP contribution in [0.2, 0.25) is 0 Å². The van der Waals surface area contributed by atoms with Crippen molar-refractivity contribution >= 4 is 51.4 Å². The van der Waals surface area contributed by atoms with Gasteiger partial charge in [0.1, 0.15) is 0 Å². The number of rotatable bonds is 7. The predicted molar refractivity (Wildman–Crippen MR) is 131 cm³/mol. The zero-order valence-electron chi connectivity index (χ0n) is 17.4. The maximum absolute atomic E-state index is 12.6. The summed E-state index contributed by atoms with van der Waals surface area (Å²) in [5.41, 5.74) is 1.70. The molecule has 4 aromatic rings. The molecule has 2 N–H and O–H groups in total. The zero-order valence-corrected chi connectivity index (χ0v) is 18.2. The van der Waals surface area contributed by atoms with Crippen LogP contribution in [0.4, 0.5) is 17.1 Å². The van der Waals surface area contributed by atoms with E-state index in [0.29, 0.717) is 16.9 Å². The summed E-state index contributed by atoms with van der Waals surface area (Å²) in [5.74, 6) is -0.231. The van der Waals surface area contributed by atoms with Gasteiger partial charge in [0.05, 0.1) is 10.7 Å². The molecule has 0 saturated heterocycles. The van der Waals surface area contributed by atoms with Crippen LogP contribution < -0.4 is 10.6 Å². The highest BCUT2D eigenvalue weighted by molar-refractivity contribution is 8.00. The summed E-state index contributed by atoms with van der Waals surface area (Å²) in [6.07, 6.45) is 0. The lowest BCUT2D eigenvalue weighted by Crippen LogP contribution is -2.14. The number of nitro groups is 1. The summed E-state index contributed by atoms with van der Waals surface area (Å²) in [5, 5.41) is 18.4. The quantitative estimate of drug-likeness (QED) is 0.210. The van der Waals surface area contributed by atoms with Gasteiger partial charge in [0.2, 0.25) is 5.91 Å². The first-order chi connectivity index (χ1) is 16.0. The van der Waals surface area contributed by atoms with Crippen molar-refractivity contribution in [2.24, 2.45) is 0 Å². The molecule has 0 bridgehead atoms. The molecule has 7 nitrogen and oxygen atoms in total. The lowest BCUT2D eigenvalue weighted by Gasteiger charge is -2.08. The molecule has 0 aliphatic carbocycles. The van der Waals surface area contributed by atoms with Crippen LogP contribution in [0.3, 0.4) is 0 Å². The minimum absolute atomic E-state index is 0.0322. The van der Waals surface area contributed by atoms with E-state index in [1.807, 2.05) is 48.5 Å². The van der Waals surface area contributed by atoms with Crippen LogP contribution in [0, 0.1) is 10.1 Å². The fourth-order valence-corrected chi connectivity index (χ4v) is 3.88. The van der Waals surface area contributed by atoms with E-state index >= 15 is 0 Å². The number of hydrogen-bond acceptors (Lipinski definition) is 5. The Labute approximate surface area is 194 Å². The SMILES string of the molecule is O=C(CSc1ccc(NC(=O)c2ccc3ccccc3c2)cc1)Nc1ccc([N+](=O)[O-])cc1. The van der Waals surface area contributed by atoms with Crippen molar-refractivity contribution in [2.45, 2.75) is 4.90 Å². The Morgan fingerprint density at radius 1 is 0.788 bits per heavy atom. The number of nitrogens with one attached hydrogen (secondary N) is 2. The van der Waals surface area contributed by atoms with E-state index in [-0.39, 0.29) is 23.3 Å². The Kier molecular flexibility index (Phi) is 6.66. The number of carbonyl (C=O) groups is 2. The van der Waals surface area contributed by atoms with E-state index in [1.54, 1.807) is 18.2 Å². The molecule has 164 valence electrons. The lowest BCUT2D eigenvalue weighted by molar-refractivity contribution is -0.384. The standard InChI is InChI=1S/C25H19N3O4S/c29-24(26-20-7-11-22(12-8-20)28(31)32)16-33-23-13-9-21(10-14-23)27-25(30)19-6-5-17-3-1-2-4-18(17)15-19/h1-15H,16H2,(H,26,29)(H,27,30). The molecule has 0 aromatic heterocycles. The number of non-ortho nitro benzene ring substituents is 1. The van der Waals surface area contributed by atoms with Gasteiger partial charge >= 0.3 is 0 Å². The summed E-state index contributed by atoms with van der Waals surface area (Å²) in [7, 11) is 0. The van der Waals surface area contributed by atoms with Crippen molar-refractivity contribution in [3.05, 3.63) is 107 Å². The van der Waals surface area contributed by atoms with Crippen molar-refractivity contribution in [1.29, 1.82) is 0 Å². The molecule has 0 aliphatic heterocycles. The van der Waals surface area contributed by atoms with Crippen LogP contribution in [-0.4, -0.2) is 22.5 Å². The van der Waals surface area contributed by atoms with Crippen LogP contribution in [0.25, 0.3) is 10.8 Å². The third kappa shape index (κ3) is 5.75. The fraction of sp³-hybridized carbons (Fsp3) is 0.0400. The summed E-state index contributed by atoms with van der Waals surface area (Å²) in [6, 6.07) is 26.4. The van der Waals surface area contributed by atoms with Gasteiger partial charge in [0, 0.05) is 34.0 Å². The average Bonchev–Trinajstić information content (AvgIpc) is 2.83. The molecule has 33 heavy (non-hydrogen) atoms. The topological polar surface area (TPSA) is 101 Å². The van der Waals surface area contributed by atoms with Crippen molar-refractivity contribution in [1.82, 2.24) is 0 Å². The minimum atomic E-state index is -0.491. The summed E-state index contributed by atoms with van der Waals surface area (Å²) < 4.78 is 0. The summed E-state index contributed by atoms with van der Waals surface area (Å²) in [4.78, 5) is 35.8. The number of thioether (sulfide) groups is 1.